The van der Waals surface area contributed by atoms with Crippen LogP contribution in [0, 0.1) is 10.8 Å². The normalized spacial score (nSPS) is 22.9. The molecule has 2 fully saturated rings. The minimum Gasteiger partial charge on any atom is 0 e. The Morgan fingerprint density at radius 1 is 0.919 bits per heavy atom. The number of aliphatic hydroxyl groups is 1. The SMILES string of the molecule is CCC=CCCCC(=O)OCC(O)COC1CCC(C)(CCC2(C)CCCCC2)CC1.[SnH2].[SnH].[SnH].[SnH].[SnH].[Sn]. The van der Waals surface area contributed by atoms with E-state index in [2.05, 4.69) is 32.9 Å². The van der Waals surface area contributed by atoms with E-state index in [0.717, 1.165) is 32.1 Å². The van der Waals surface area contributed by atoms with Crippen LogP contribution in [-0.4, -0.2) is 180 Å². The van der Waals surface area contributed by atoms with E-state index in [0.29, 0.717) is 17.3 Å². The van der Waals surface area contributed by atoms with Crippen molar-refractivity contribution in [3.8, 4) is 0 Å². The van der Waals surface area contributed by atoms with Crippen LogP contribution in [0.5, 0.6) is 0 Å². The Hall–Kier alpha value is 3.92. The molecular formula is C27H54O4Sn6. The van der Waals surface area contributed by atoms with Gasteiger partial charge in [0.25, 0.3) is 0 Å². The van der Waals surface area contributed by atoms with Crippen molar-refractivity contribution in [3.63, 3.8) is 0 Å². The standard InChI is InChI=1S/C27H48O4.6Sn.6H/c1-4-5-6-7-9-12-25(29)31-22-23(28)21-30-24-13-17-27(3,18-14-24)20-19-26(2)15-10-8-11-16-26;;;;;;;;;;;;/h5-6,23-24,28H,4,7-22H2,1-3H3;;;;;;;;;;;;. The van der Waals surface area contributed by atoms with Gasteiger partial charge in [0, 0.05) is 30.3 Å². The number of carbonyl (C=O) groups is 1. The quantitative estimate of drug-likeness (QED) is 0.134. The van der Waals surface area contributed by atoms with Gasteiger partial charge in [-0.15, -0.1) is 0 Å². The molecule has 18 radical (unpaired) electrons. The Bertz CT molecular complexity index is 551. The first-order valence-electron chi connectivity index (χ1n) is 12.9. The smallest absolute Gasteiger partial charge is 0 e. The van der Waals surface area contributed by atoms with Crippen molar-refractivity contribution in [3.05, 3.63) is 12.2 Å². The molecule has 0 aromatic heterocycles. The van der Waals surface area contributed by atoms with Crippen molar-refractivity contribution in [2.45, 2.75) is 129 Å². The minimum absolute atomic E-state index is 0. The number of unbranched alkanes of at least 4 members (excludes halogenated alkanes) is 1. The number of hydrogen-bond acceptors (Lipinski definition) is 4. The van der Waals surface area contributed by atoms with Gasteiger partial charge in [0.2, 0.25) is 0 Å². The number of hydrogen-bond donors (Lipinski definition) is 1. The van der Waals surface area contributed by atoms with Crippen LogP contribution in [0.3, 0.4) is 0 Å². The molecule has 0 aromatic carbocycles. The molecule has 0 aromatic rings. The van der Waals surface area contributed by atoms with Gasteiger partial charge in [-0.25, -0.2) is 0 Å². The second kappa shape index (κ2) is 28.7. The summed E-state index contributed by atoms with van der Waals surface area (Å²) < 4.78 is 11.1. The maximum atomic E-state index is 11.8. The Kier molecular flexibility index (Phi) is 39.2. The molecule has 0 amide bonds. The van der Waals surface area contributed by atoms with Gasteiger partial charge >= 0.3 is 126 Å². The van der Waals surface area contributed by atoms with Gasteiger partial charge in [-0.3, -0.25) is 4.79 Å². The molecule has 10 heteroatoms. The van der Waals surface area contributed by atoms with Crippen LogP contribution in [-0.2, 0) is 14.3 Å². The van der Waals surface area contributed by atoms with Crippen molar-refractivity contribution in [2.24, 2.45) is 10.8 Å². The molecule has 0 spiro atoms. The fraction of sp³-hybridized carbons (Fsp3) is 0.889. The molecule has 0 heterocycles. The average molecular weight is 1150 g/mol. The molecule has 1 N–H and O–H groups in total. The van der Waals surface area contributed by atoms with Crippen molar-refractivity contribution >= 4 is 149 Å². The largest absolute Gasteiger partial charge is 0 e. The summed E-state index contributed by atoms with van der Waals surface area (Å²) in [5.41, 5.74) is 1.02. The predicted octanol–water partition coefficient (Wildman–Crippen LogP) is 2.85. The van der Waals surface area contributed by atoms with E-state index in [9.17, 15) is 9.90 Å². The number of carbonyl (C=O) groups excluding carboxylic acids is 1. The Labute approximate surface area is 329 Å². The first-order chi connectivity index (χ1) is 14.8. The second-order valence-electron chi connectivity index (χ2n) is 10.8. The molecule has 2 rings (SSSR count). The molecule has 210 valence electrons. The minimum atomic E-state index is -0.733. The first kappa shape index (κ1) is 50.5. The van der Waals surface area contributed by atoms with Crippen LogP contribution in [0.4, 0.5) is 0 Å². The van der Waals surface area contributed by atoms with E-state index >= 15 is 0 Å². The molecular weight excluding hydrogens is 1100 g/mol. The third-order valence-electron chi connectivity index (χ3n) is 7.65. The Balaban J connectivity index is -0.000000569. The fourth-order valence-corrected chi connectivity index (χ4v) is 5.17. The summed E-state index contributed by atoms with van der Waals surface area (Å²) in [6.07, 6.45) is 21.2. The van der Waals surface area contributed by atoms with E-state index in [4.69, 9.17) is 9.47 Å². The van der Waals surface area contributed by atoms with Crippen LogP contribution in [0.2, 0.25) is 0 Å². The van der Waals surface area contributed by atoms with Gasteiger partial charge in [0.15, 0.2) is 0 Å². The molecule has 2 aliphatic carbocycles. The fourth-order valence-electron chi connectivity index (χ4n) is 5.17. The molecule has 4 nitrogen and oxygen atoms in total. The zero-order chi connectivity index (χ0) is 22.6. The van der Waals surface area contributed by atoms with E-state index in [1.807, 2.05) is 0 Å². The van der Waals surface area contributed by atoms with Gasteiger partial charge in [-0.2, -0.15) is 0 Å². The summed E-state index contributed by atoms with van der Waals surface area (Å²) >= 11 is 0. The molecule has 2 aliphatic rings. The monoisotopic (exact) mass is 1160 g/mol. The maximum absolute atomic E-state index is 11.8. The Morgan fingerprint density at radius 2 is 1.46 bits per heavy atom. The third kappa shape index (κ3) is 23.0. The van der Waals surface area contributed by atoms with Crippen molar-refractivity contribution in [2.75, 3.05) is 13.2 Å². The summed E-state index contributed by atoms with van der Waals surface area (Å²) in [5.74, 6) is -0.232. The van der Waals surface area contributed by atoms with Crippen LogP contribution < -0.4 is 0 Å². The van der Waals surface area contributed by atoms with Gasteiger partial charge in [0.05, 0.1) is 12.7 Å². The summed E-state index contributed by atoms with van der Waals surface area (Å²) in [6, 6.07) is 0. The van der Waals surface area contributed by atoms with Crippen molar-refractivity contribution in [1.82, 2.24) is 0 Å². The summed E-state index contributed by atoms with van der Waals surface area (Å²) in [5, 5.41) is 10.1. The molecule has 1 atom stereocenters. The number of aliphatic hydroxyl groups excluding tert-OH is 1. The summed E-state index contributed by atoms with van der Waals surface area (Å²) in [6.45, 7) is 7.35. The summed E-state index contributed by atoms with van der Waals surface area (Å²) in [4.78, 5) is 11.8. The van der Waals surface area contributed by atoms with E-state index < -0.39 is 6.10 Å². The van der Waals surface area contributed by atoms with Crippen molar-refractivity contribution < 1.29 is 19.4 Å². The molecule has 37 heavy (non-hydrogen) atoms. The molecule has 2 saturated carbocycles. The number of rotatable bonds is 13. The first-order valence-corrected chi connectivity index (χ1v) is 12.9. The number of esters is 1. The predicted molar refractivity (Wildman–Crippen MR) is 170 cm³/mol. The average Bonchev–Trinajstić information content (AvgIpc) is 2.76. The van der Waals surface area contributed by atoms with E-state index in [1.165, 1.54) is 57.8 Å². The second-order valence-corrected chi connectivity index (χ2v) is 10.8. The van der Waals surface area contributed by atoms with Crippen LogP contribution in [0.15, 0.2) is 12.2 Å². The molecule has 1 unspecified atom stereocenters. The maximum Gasteiger partial charge on any atom is 0 e. The van der Waals surface area contributed by atoms with Crippen LogP contribution >= 0.6 is 0 Å². The van der Waals surface area contributed by atoms with Gasteiger partial charge in [-0.05, 0) is 81.5 Å². The number of allylic oxidation sites excluding steroid dienone is 2. The topological polar surface area (TPSA) is 55.8 Å². The van der Waals surface area contributed by atoms with Crippen molar-refractivity contribution in [1.29, 1.82) is 0 Å². The van der Waals surface area contributed by atoms with Gasteiger partial charge < -0.3 is 14.6 Å². The van der Waals surface area contributed by atoms with E-state index in [1.54, 1.807) is 0 Å². The van der Waals surface area contributed by atoms with Crippen LogP contribution in [0.25, 0.3) is 0 Å². The Morgan fingerprint density at radius 3 is 2.00 bits per heavy atom. The number of ether oxygens (including phenoxy) is 2. The zero-order valence-corrected chi connectivity index (χ0v) is 44.1. The summed E-state index contributed by atoms with van der Waals surface area (Å²) in [7, 11) is 0. The zero-order valence-electron chi connectivity index (χ0n) is 24.0. The molecule has 0 bridgehead atoms. The van der Waals surface area contributed by atoms with Crippen LogP contribution in [0.1, 0.15) is 117 Å². The van der Waals surface area contributed by atoms with E-state index in [-0.39, 0.29) is 169 Å². The third-order valence-corrected chi connectivity index (χ3v) is 7.65. The van der Waals surface area contributed by atoms with Gasteiger partial charge in [-0.1, -0.05) is 52.2 Å². The van der Waals surface area contributed by atoms with Gasteiger partial charge in [0.1, 0.15) is 12.7 Å². The molecule has 0 saturated heterocycles. The molecule has 0 aliphatic heterocycles.